The van der Waals surface area contributed by atoms with Gasteiger partial charge >= 0.3 is 0 Å². The Morgan fingerprint density at radius 2 is 1.81 bits per heavy atom. The van der Waals surface area contributed by atoms with E-state index in [-0.39, 0.29) is 17.4 Å². The first-order valence-corrected chi connectivity index (χ1v) is 11.0. The zero-order chi connectivity index (χ0) is 25.5. The van der Waals surface area contributed by atoms with Gasteiger partial charge in [-0.1, -0.05) is 42.5 Å². The molecule has 1 aromatic heterocycles. The summed E-state index contributed by atoms with van der Waals surface area (Å²) >= 11 is 0. The number of nitrogens with one attached hydrogen (secondary N) is 2. The van der Waals surface area contributed by atoms with Gasteiger partial charge in [0.2, 0.25) is 0 Å². The van der Waals surface area contributed by atoms with Crippen molar-refractivity contribution in [1.82, 2.24) is 15.3 Å². The molecule has 4 N–H and O–H groups in total. The molecule has 0 bridgehead atoms. The summed E-state index contributed by atoms with van der Waals surface area (Å²) in [6.07, 6.45) is 1.54. The van der Waals surface area contributed by atoms with Gasteiger partial charge in [0, 0.05) is 29.8 Å². The number of nitrogens with zero attached hydrogens (tertiary/aromatic N) is 4. The van der Waals surface area contributed by atoms with Crippen LogP contribution in [0, 0.1) is 10.1 Å². The van der Waals surface area contributed by atoms with Crippen LogP contribution in [0.25, 0.3) is 11.3 Å². The Bertz CT molecular complexity index is 1420. The first-order chi connectivity index (χ1) is 17.4. The van der Waals surface area contributed by atoms with E-state index in [1.54, 1.807) is 37.3 Å². The van der Waals surface area contributed by atoms with Crippen LogP contribution in [0.1, 0.15) is 28.5 Å². The molecule has 0 aliphatic rings. The molecule has 0 spiro atoms. The number of rotatable bonds is 8. The highest BCUT2D eigenvalue weighted by atomic mass is 16.6. The first-order valence-electron chi connectivity index (χ1n) is 11.0. The van der Waals surface area contributed by atoms with E-state index in [0.717, 1.165) is 5.56 Å². The smallest absolute Gasteiger partial charge is 0.269 e. The summed E-state index contributed by atoms with van der Waals surface area (Å²) < 4.78 is 0. The van der Waals surface area contributed by atoms with Crippen LogP contribution < -0.4 is 16.5 Å². The highest BCUT2D eigenvalue weighted by Gasteiger charge is 2.12. The Morgan fingerprint density at radius 3 is 2.53 bits per heavy atom. The maximum absolute atomic E-state index is 12.7. The highest BCUT2D eigenvalue weighted by molar-refractivity contribution is 6.01. The van der Waals surface area contributed by atoms with Crippen molar-refractivity contribution in [2.75, 3.05) is 11.2 Å². The normalized spacial score (nSPS) is 11.1. The van der Waals surface area contributed by atoms with Gasteiger partial charge in [0.1, 0.15) is 5.69 Å². The molecule has 4 aromatic rings. The number of hydrogen-bond acceptors (Lipinski definition) is 8. The molecule has 10 heteroatoms. The predicted molar refractivity (Wildman–Crippen MR) is 138 cm³/mol. The fourth-order valence-corrected chi connectivity index (χ4v) is 3.36. The van der Waals surface area contributed by atoms with Crippen molar-refractivity contribution in [2.45, 2.75) is 13.5 Å². The molecule has 0 radical (unpaired) electrons. The Kier molecular flexibility index (Phi) is 7.25. The Hall–Kier alpha value is -5.12. The number of carbonyl (C=O) groups is 1. The van der Waals surface area contributed by atoms with Crippen molar-refractivity contribution in [3.63, 3.8) is 0 Å². The van der Waals surface area contributed by atoms with Gasteiger partial charge in [-0.15, -0.1) is 0 Å². The number of nitro benzene ring substituents is 1. The summed E-state index contributed by atoms with van der Waals surface area (Å²) in [5.41, 5.74) is 13.0. The molecule has 0 saturated carbocycles. The molecule has 4 rings (SSSR count). The fourth-order valence-electron chi connectivity index (χ4n) is 3.36. The van der Waals surface area contributed by atoms with Crippen LogP contribution in [0.5, 0.6) is 0 Å². The lowest BCUT2D eigenvalue weighted by molar-refractivity contribution is -0.384. The third kappa shape index (κ3) is 5.86. The predicted octanol–water partition coefficient (Wildman–Crippen LogP) is 4.40. The van der Waals surface area contributed by atoms with E-state index in [4.69, 9.17) is 5.73 Å². The monoisotopic (exact) mass is 481 g/mol. The number of benzene rings is 3. The number of carbonyl (C=O) groups excluding carboxylic acids is 1. The van der Waals surface area contributed by atoms with E-state index in [2.05, 4.69) is 25.8 Å². The molecule has 0 unspecified atom stereocenters. The summed E-state index contributed by atoms with van der Waals surface area (Å²) in [4.78, 5) is 31.9. The molecule has 3 aromatic carbocycles. The van der Waals surface area contributed by atoms with E-state index < -0.39 is 4.92 Å². The van der Waals surface area contributed by atoms with E-state index in [9.17, 15) is 14.9 Å². The molecule has 0 aliphatic carbocycles. The summed E-state index contributed by atoms with van der Waals surface area (Å²) in [6, 6.07) is 22.6. The van der Waals surface area contributed by atoms with Crippen LogP contribution in [0.15, 0.2) is 90.2 Å². The van der Waals surface area contributed by atoms with Crippen LogP contribution in [0.4, 0.5) is 17.2 Å². The Balaban J connectivity index is 1.50. The SMILES string of the molecule is C/C(=N\Nc1ccc([N+](=O)[O-])cc1)c1nc(-c2cccc(C(=O)NCc3ccccc3)c2)cnc1N. The third-order valence-corrected chi connectivity index (χ3v) is 5.29. The van der Waals surface area contributed by atoms with Gasteiger partial charge in [0.15, 0.2) is 5.82 Å². The number of nitrogens with two attached hydrogens (primary N) is 1. The van der Waals surface area contributed by atoms with Gasteiger partial charge in [-0.05, 0) is 36.8 Å². The van der Waals surface area contributed by atoms with Crippen molar-refractivity contribution < 1.29 is 9.72 Å². The average Bonchev–Trinajstić information content (AvgIpc) is 2.91. The number of hydrazone groups is 1. The maximum Gasteiger partial charge on any atom is 0.269 e. The number of nitrogen functional groups attached to an aromatic ring is 1. The minimum absolute atomic E-state index is 0.0139. The van der Waals surface area contributed by atoms with Crippen LogP contribution >= 0.6 is 0 Å². The summed E-state index contributed by atoms with van der Waals surface area (Å²) in [6.45, 7) is 2.14. The van der Waals surface area contributed by atoms with Gasteiger partial charge in [0.25, 0.3) is 11.6 Å². The molecule has 0 fully saturated rings. The molecule has 10 nitrogen and oxygen atoms in total. The second kappa shape index (κ2) is 10.9. The van der Waals surface area contributed by atoms with Gasteiger partial charge < -0.3 is 11.1 Å². The van der Waals surface area contributed by atoms with Crippen LogP contribution in [0.2, 0.25) is 0 Å². The van der Waals surface area contributed by atoms with Crippen LogP contribution in [-0.4, -0.2) is 26.5 Å². The topological polar surface area (TPSA) is 148 Å². The van der Waals surface area contributed by atoms with Gasteiger partial charge in [-0.25, -0.2) is 9.97 Å². The van der Waals surface area contributed by atoms with Crippen LogP contribution in [0.3, 0.4) is 0 Å². The molecule has 0 atom stereocenters. The van der Waals surface area contributed by atoms with E-state index in [1.165, 1.54) is 18.3 Å². The molecule has 0 saturated heterocycles. The number of nitro groups is 1. The van der Waals surface area contributed by atoms with Gasteiger partial charge in [0.05, 0.1) is 28.2 Å². The summed E-state index contributed by atoms with van der Waals surface area (Å²) in [5.74, 6) is -0.00312. The van der Waals surface area contributed by atoms with Gasteiger partial charge in [-0.3, -0.25) is 20.3 Å². The minimum atomic E-state index is -0.470. The largest absolute Gasteiger partial charge is 0.382 e. The van der Waals surface area contributed by atoms with E-state index >= 15 is 0 Å². The highest BCUT2D eigenvalue weighted by Crippen LogP contribution is 2.21. The molecule has 36 heavy (non-hydrogen) atoms. The Labute approximate surface area is 207 Å². The number of amides is 1. The zero-order valence-corrected chi connectivity index (χ0v) is 19.4. The number of anilines is 2. The maximum atomic E-state index is 12.7. The van der Waals surface area contributed by atoms with E-state index in [0.29, 0.717) is 40.5 Å². The van der Waals surface area contributed by atoms with Crippen molar-refractivity contribution in [2.24, 2.45) is 5.10 Å². The Morgan fingerprint density at radius 1 is 1.06 bits per heavy atom. The quantitative estimate of drug-likeness (QED) is 0.192. The lowest BCUT2D eigenvalue weighted by Crippen LogP contribution is -2.22. The number of hydrogen-bond donors (Lipinski definition) is 3. The fraction of sp³-hybridized carbons (Fsp3) is 0.0769. The minimum Gasteiger partial charge on any atom is -0.382 e. The lowest BCUT2D eigenvalue weighted by Gasteiger charge is -2.09. The molecule has 0 aliphatic heterocycles. The zero-order valence-electron chi connectivity index (χ0n) is 19.4. The lowest BCUT2D eigenvalue weighted by atomic mass is 10.1. The molecular weight excluding hydrogens is 458 g/mol. The number of aromatic nitrogens is 2. The molecule has 180 valence electrons. The number of non-ortho nitro benzene ring substituents is 1. The molecule has 1 amide bonds. The molecule has 1 heterocycles. The van der Waals surface area contributed by atoms with E-state index in [1.807, 2.05) is 36.4 Å². The summed E-state index contributed by atoms with van der Waals surface area (Å²) in [7, 11) is 0. The second-order valence-electron chi connectivity index (χ2n) is 7.85. The van der Waals surface area contributed by atoms with Crippen LogP contribution in [-0.2, 0) is 6.54 Å². The van der Waals surface area contributed by atoms with Crippen molar-refractivity contribution in [3.8, 4) is 11.3 Å². The standard InChI is InChI=1S/C26H23N7O3/c1-17(31-32-21-10-12-22(13-11-21)33(35)36)24-25(27)28-16-23(30-24)19-8-5-9-20(14-19)26(34)29-15-18-6-3-2-4-7-18/h2-14,16,32H,15H2,1H3,(H2,27,28)(H,29,34)/b31-17+. The first kappa shape index (κ1) is 24.0. The van der Waals surface area contributed by atoms with Crippen molar-refractivity contribution in [3.05, 3.63) is 112 Å². The van der Waals surface area contributed by atoms with Crippen molar-refractivity contribution >= 4 is 28.8 Å². The summed E-state index contributed by atoms with van der Waals surface area (Å²) in [5, 5.41) is 18.0. The van der Waals surface area contributed by atoms with Gasteiger partial charge in [-0.2, -0.15) is 5.10 Å². The molecular formula is C26H23N7O3. The average molecular weight is 482 g/mol. The third-order valence-electron chi connectivity index (χ3n) is 5.29. The van der Waals surface area contributed by atoms with Crippen molar-refractivity contribution in [1.29, 1.82) is 0 Å². The second-order valence-corrected chi connectivity index (χ2v) is 7.85.